The second kappa shape index (κ2) is 28.5. The number of nitrogens with one attached hydrogen (secondary N) is 3. The molecule has 0 aliphatic rings. The van der Waals surface area contributed by atoms with Crippen molar-refractivity contribution < 1.29 is 38.6 Å². The van der Waals surface area contributed by atoms with Crippen LogP contribution in [-0.4, -0.2) is 98.2 Å². The molecule has 0 rings (SSSR count). The average Bonchev–Trinajstić information content (AvgIpc) is 2.96. The first-order chi connectivity index (χ1) is 20.7. The quantitative estimate of drug-likeness (QED) is 0.0737. The van der Waals surface area contributed by atoms with Gasteiger partial charge >= 0.3 is 5.97 Å². The Kier molecular flexibility index (Phi) is 27.1. The van der Waals surface area contributed by atoms with E-state index in [-0.39, 0.29) is 68.8 Å². The molecule has 2 atom stereocenters. The van der Waals surface area contributed by atoms with Gasteiger partial charge in [-0.1, -0.05) is 45.4 Å². The highest BCUT2D eigenvalue weighted by Crippen LogP contribution is 2.11. The van der Waals surface area contributed by atoms with E-state index in [1.807, 2.05) is 0 Å². The van der Waals surface area contributed by atoms with Crippen LogP contribution in [0.1, 0.15) is 90.9 Å². The van der Waals surface area contributed by atoms with E-state index < -0.39 is 12.0 Å². The SMILES string of the molecule is CC(=O)CSC[C@H](C)C(=O)N[C@@H](CCCCN)C(=O)NCCOCCOCC(=O)NCCCCCCCCCCC(=O)O. The Labute approximate surface area is 261 Å². The zero-order valence-corrected chi connectivity index (χ0v) is 27.1. The van der Waals surface area contributed by atoms with Crippen LogP contribution in [0.3, 0.4) is 0 Å². The monoisotopic (exact) mass is 632 g/mol. The summed E-state index contributed by atoms with van der Waals surface area (Å²) in [5, 5.41) is 17.1. The van der Waals surface area contributed by atoms with E-state index in [1.165, 1.54) is 18.7 Å². The lowest BCUT2D eigenvalue weighted by Crippen LogP contribution is -2.49. The van der Waals surface area contributed by atoms with E-state index in [1.54, 1.807) is 6.92 Å². The molecule has 0 aromatic heterocycles. The van der Waals surface area contributed by atoms with Gasteiger partial charge in [-0.3, -0.25) is 24.0 Å². The Balaban J connectivity index is 3.89. The molecule has 0 aromatic rings. The second-order valence-corrected chi connectivity index (χ2v) is 11.8. The summed E-state index contributed by atoms with van der Waals surface area (Å²) in [6, 6.07) is -0.664. The van der Waals surface area contributed by atoms with Crippen molar-refractivity contribution in [1.82, 2.24) is 16.0 Å². The summed E-state index contributed by atoms with van der Waals surface area (Å²) in [6.45, 7) is 5.46. The lowest BCUT2D eigenvalue weighted by molar-refractivity contribution is -0.137. The number of amides is 3. The van der Waals surface area contributed by atoms with Crippen molar-refractivity contribution in [1.29, 1.82) is 0 Å². The number of carbonyl (C=O) groups excluding carboxylic acids is 4. The zero-order valence-electron chi connectivity index (χ0n) is 26.3. The number of carbonyl (C=O) groups is 5. The van der Waals surface area contributed by atoms with Gasteiger partial charge in [-0.25, -0.2) is 0 Å². The summed E-state index contributed by atoms with van der Waals surface area (Å²) in [5.41, 5.74) is 5.57. The van der Waals surface area contributed by atoms with Crippen LogP contribution in [0, 0.1) is 5.92 Å². The third kappa shape index (κ3) is 27.1. The molecule has 0 spiro atoms. The van der Waals surface area contributed by atoms with Crippen LogP contribution in [0.2, 0.25) is 0 Å². The van der Waals surface area contributed by atoms with Crippen molar-refractivity contribution >= 4 is 41.2 Å². The summed E-state index contributed by atoms with van der Waals surface area (Å²) in [6.07, 6.45) is 10.3. The fourth-order valence-electron chi connectivity index (χ4n) is 4.03. The highest BCUT2D eigenvalue weighted by atomic mass is 32.2. The summed E-state index contributed by atoms with van der Waals surface area (Å²) in [5.74, 6) is -0.805. The standard InChI is InChI=1S/C30H56N4O8S/c1-24(22-43-23-25(2)35)29(39)34-26(13-10-11-15-31)30(40)33-17-18-41-19-20-42-21-27(36)32-16-12-8-6-4-3-5-7-9-14-28(37)38/h24,26H,3-23,31H2,1-2H3,(H,32,36)(H,33,40)(H,34,39)(H,37,38)/t24-,26-/m0/s1. The molecule has 0 fully saturated rings. The molecule has 13 heteroatoms. The van der Waals surface area contributed by atoms with Crippen LogP contribution in [0.15, 0.2) is 0 Å². The van der Waals surface area contributed by atoms with Crippen molar-refractivity contribution in [2.45, 2.75) is 96.9 Å². The maximum Gasteiger partial charge on any atom is 0.303 e. The number of Topliss-reactive ketones (excluding diaryl/α,β-unsaturated/α-hetero) is 1. The van der Waals surface area contributed by atoms with Gasteiger partial charge in [0.1, 0.15) is 18.4 Å². The number of hydrogen-bond acceptors (Lipinski definition) is 9. The van der Waals surface area contributed by atoms with E-state index >= 15 is 0 Å². The zero-order chi connectivity index (χ0) is 32.1. The van der Waals surface area contributed by atoms with Crippen LogP contribution in [-0.2, 0) is 33.4 Å². The van der Waals surface area contributed by atoms with E-state index in [0.29, 0.717) is 37.4 Å². The molecule has 0 heterocycles. The molecular formula is C30H56N4O8S. The van der Waals surface area contributed by atoms with Crippen molar-refractivity contribution in [3.05, 3.63) is 0 Å². The van der Waals surface area contributed by atoms with Crippen molar-refractivity contribution in [3.8, 4) is 0 Å². The first-order valence-electron chi connectivity index (χ1n) is 15.7. The first kappa shape index (κ1) is 40.8. The first-order valence-corrected chi connectivity index (χ1v) is 16.8. The van der Waals surface area contributed by atoms with E-state index in [2.05, 4.69) is 16.0 Å². The molecule has 0 aromatic carbocycles. The van der Waals surface area contributed by atoms with Crippen LogP contribution < -0.4 is 21.7 Å². The molecule has 0 aliphatic heterocycles. The highest BCUT2D eigenvalue weighted by molar-refractivity contribution is 7.99. The number of unbranched alkanes of at least 4 members (excludes halogenated alkanes) is 8. The van der Waals surface area contributed by atoms with E-state index in [9.17, 15) is 24.0 Å². The molecule has 43 heavy (non-hydrogen) atoms. The molecule has 0 saturated carbocycles. The normalized spacial score (nSPS) is 12.3. The van der Waals surface area contributed by atoms with Gasteiger partial charge in [0.2, 0.25) is 17.7 Å². The second-order valence-electron chi connectivity index (χ2n) is 10.7. The molecule has 250 valence electrons. The average molecular weight is 633 g/mol. The molecule has 0 aliphatic carbocycles. The predicted octanol–water partition coefficient (Wildman–Crippen LogP) is 2.42. The highest BCUT2D eigenvalue weighted by Gasteiger charge is 2.23. The third-order valence-corrected chi connectivity index (χ3v) is 7.84. The Hall–Kier alpha value is -2.22. The predicted molar refractivity (Wildman–Crippen MR) is 169 cm³/mol. The number of hydrogen-bond donors (Lipinski definition) is 5. The summed E-state index contributed by atoms with van der Waals surface area (Å²) < 4.78 is 10.8. The smallest absolute Gasteiger partial charge is 0.303 e. The molecule has 0 saturated heterocycles. The minimum absolute atomic E-state index is 0.0354. The summed E-state index contributed by atoms with van der Waals surface area (Å²) >= 11 is 1.40. The molecule has 6 N–H and O–H groups in total. The van der Waals surface area contributed by atoms with Gasteiger partial charge in [0.05, 0.1) is 25.6 Å². The van der Waals surface area contributed by atoms with Gasteiger partial charge in [0, 0.05) is 31.2 Å². The van der Waals surface area contributed by atoms with Gasteiger partial charge in [0.15, 0.2) is 0 Å². The fraction of sp³-hybridized carbons (Fsp3) is 0.833. The molecule has 12 nitrogen and oxygen atoms in total. The van der Waals surface area contributed by atoms with Crippen LogP contribution in [0.25, 0.3) is 0 Å². The van der Waals surface area contributed by atoms with Gasteiger partial charge in [-0.2, -0.15) is 11.8 Å². The molecule has 0 radical (unpaired) electrons. The van der Waals surface area contributed by atoms with Crippen LogP contribution >= 0.6 is 11.8 Å². The van der Waals surface area contributed by atoms with Crippen LogP contribution in [0.4, 0.5) is 0 Å². The Morgan fingerprint density at radius 1 is 0.791 bits per heavy atom. The number of rotatable bonds is 30. The van der Waals surface area contributed by atoms with Gasteiger partial charge in [-0.05, 0) is 45.6 Å². The maximum absolute atomic E-state index is 12.7. The Morgan fingerprint density at radius 2 is 1.44 bits per heavy atom. The number of ketones is 1. The molecule has 0 bridgehead atoms. The number of carboxylic acid groups (broad SMARTS) is 1. The fourth-order valence-corrected chi connectivity index (χ4v) is 4.94. The third-order valence-electron chi connectivity index (χ3n) is 6.49. The molecule has 0 unspecified atom stereocenters. The van der Waals surface area contributed by atoms with E-state index in [0.717, 1.165) is 57.8 Å². The minimum Gasteiger partial charge on any atom is -0.481 e. The summed E-state index contributed by atoms with van der Waals surface area (Å²) in [7, 11) is 0. The number of thioether (sulfide) groups is 1. The van der Waals surface area contributed by atoms with Crippen LogP contribution in [0.5, 0.6) is 0 Å². The van der Waals surface area contributed by atoms with Crippen molar-refractivity contribution in [2.24, 2.45) is 11.7 Å². The van der Waals surface area contributed by atoms with Gasteiger partial charge in [0.25, 0.3) is 0 Å². The number of carboxylic acids is 1. The minimum atomic E-state index is -0.729. The van der Waals surface area contributed by atoms with Gasteiger partial charge < -0.3 is 36.3 Å². The van der Waals surface area contributed by atoms with Crippen molar-refractivity contribution in [2.75, 3.05) is 57.6 Å². The summed E-state index contributed by atoms with van der Waals surface area (Å²) in [4.78, 5) is 58.7. The largest absolute Gasteiger partial charge is 0.481 e. The number of nitrogens with two attached hydrogens (primary N) is 1. The lowest BCUT2D eigenvalue weighted by atomic mass is 10.1. The number of ether oxygens (including phenoxy) is 2. The van der Waals surface area contributed by atoms with E-state index in [4.69, 9.17) is 20.3 Å². The van der Waals surface area contributed by atoms with Crippen molar-refractivity contribution in [3.63, 3.8) is 0 Å². The molecule has 3 amide bonds. The Bertz CT molecular complexity index is 787. The molecular weight excluding hydrogens is 576 g/mol. The maximum atomic E-state index is 12.7. The number of aliphatic carboxylic acids is 1. The lowest BCUT2D eigenvalue weighted by Gasteiger charge is -2.20. The topological polar surface area (TPSA) is 186 Å². The van der Waals surface area contributed by atoms with Gasteiger partial charge in [-0.15, -0.1) is 0 Å². The Morgan fingerprint density at radius 3 is 2.09 bits per heavy atom.